The van der Waals surface area contributed by atoms with Gasteiger partial charge in [-0.05, 0) is 24.8 Å². The van der Waals surface area contributed by atoms with E-state index in [4.69, 9.17) is 27.9 Å². The highest BCUT2D eigenvalue weighted by atomic mass is 35.5. The Bertz CT molecular complexity index is 246. The molecule has 1 fully saturated rings. The maximum absolute atomic E-state index is 11.4. The van der Waals surface area contributed by atoms with Gasteiger partial charge in [-0.2, -0.15) is 0 Å². The van der Waals surface area contributed by atoms with Gasteiger partial charge >= 0.3 is 5.97 Å². The van der Waals surface area contributed by atoms with Gasteiger partial charge in [-0.1, -0.05) is 30.1 Å². The molecule has 1 rings (SSSR count). The summed E-state index contributed by atoms with van der Waals surface area (Å²) in [5.74, 6) is -0.0132. The summed E-state index contributed by atoms with van der Waals surface area (Å²) in [5, 5.41) is 0. The molecule has 0 aromatic rings. The number of methoxy groups -OCH3 is 1. The van der Waals surface area contributed by atoms with Gasteiger partial charge in [0.2, 0.25) is 0 Å². The Kier molecular flexibility index (Phi) is 3.25. The Morgan fingerprint density at radius 2 is 2.31 bits per heavy atom. The highest BCUT2D eigenvalue weighted by Crippen LogP contribution is 2.57. The second-order valence-electron chi connectivity index (χ2n) is 3.27. The van der Waals surface area contributed by atoms with Gasteiger partial charge in [0.25, 0.3) is 0 Å². The van der Waals surface area contributed by atoms with Crippen LogP contribution in [0.15, 0.2) is 10.6 Å². The Balaban J connectivity index is 2.69. The largest absolute Gasteiger partial charge is 0.469 e. The lowest BCUT2D eigenvalue weighted by molar-refractivity contribution is -0.147. The molecule has 4 heteroatoms. The van der Waals surface area contributed by atoms with Crippen molar-refractivity contribution in [3.8, 4) is 0 Å². The van der Waals surface area contributed by atoms with E-state index < -0.39 is 0 Å². The van der Waals surface area contributed by atoms with Crippen LogP contribution in [-0.2, 0) is 9.53 Å². The fraction of sp³-hybridized carbons (Fsp3) is 0.667. The number of carbonyl (C=O) groups excluding carboxylic acids is 1. The fourth-order valence-electron chi connectivity index (χ4n) is 1.69. The first kappa shape index (κ1) is 10.9. The Morgan fingerprint density at radius 1 is 1.69 bits per heavy atom. The van der Waals surface area contributed by atoms with Crippen molar-refractivity contribution in [3.05, 3.63) is 10.6 Å². The molecular weight excluding hydrogens is 211 g/mol. The predicted octanol–water partition coefficient (Wildman–Crippen LogP) is 2.89. The van der Waals surface area contributed by atoms with E-state index in [1.807, 2.05) is 6.92 Å². The van der Waals surface area contributed by atoms with Crippen molar-refractivity contribution in [2.24, 2.45) is 11.3 Å². The van der Waals surface area contributed by atoms with Crippen molar-refractivity contribution >= 4 is 29.2 Å². The lowest BCUT2D eigenvalue weighted by atomic mass is 10.0. The van der Waals surface area contributed by atoms with Crippen LogP contribution >= 0.6 is 23.2 Å². The predicted molar refractivity (Wildman–Crippen MR) is 52.6 cm³/mol. The number of hydrogen-bond donors (Lipinski definition) is 0. The smallest absolute Gasteiger partial charge is 0.312 e. The Hall–Kier alpha value is -0.210. The molecule has 1 saturated carbocycles. The quantitative estimate of drug-likeness (QED) is 0.687. The molecule has 0 N–H and O–H groups in total. The molecule has 0 aromatic heterocycles. The Morgan fingerprint density at radius 3 is 2.69 bits per heavy atom. The first-order valence-electron chi connectivity index (χ1n) is 4.18. The maximum Gasteiger partial charge on any atom is 0.312 e. The zero-order chi connectivity index (χ0) is 10.1. The van der Waals surface area contributed by atoms with Crippen LogP contribution in [0.25, 0.3) is 0 Å². The molecule has 0 heterocycles. The third-order valence-electron chi connectivity index (χ3n) is 2.68. The summed E-state index contributed by atoms with van der Waals surface area (Å²) < 4.78 is 4.95. The minimum atomic E-state index is -0.357. The first-order chi connectivity index (χ1) is 6.06. The van der Waals surface area contributed by atoms with Crippen molar-refractivity contribution in [2.45, 2.75) is 19.8 Å². The Labute approximate surface area is 87.8 Å². The second kappa shape index (κ2) is 3.89. The molecule has 2 nitrogen and oxygen atoms in total. The van der Waals surface area contributed by atoms with Crippen molar-refractivity contribution in [2.75, 3.05) is 7.11 Å². The molecule has 2 unspecified atom stereocenters. The summed E-state index contributed by atoms with van der Waals surface area (Å²) in [6.07, 6.45) is 3.27. The van der Waals surface area contributed by atoms with Gasteiger partial charge in [-0.25, -0.2) is 0 Å². The normalized spacial score (nSPS) is 30.9. The van der Waals surface area contributed by atoms with E-state index in [1.54, 1.807) is 6.08 Å². The standard InChI is InChI=1S/C9H12Cl2O2/c1-3-9(8(12)13-2)5-6(9)4-7(10)11/h4,6H,3,5H2,1-2H3. The molecule has 74 valence electrons. The van der Waals surface area contributed by atoms with Crippen molar-refractivity contribution in [1.29, 1.82) is 0 Å². The van der Waals surface area contributed by atoms with E-state index in [0.717, 1.165) is 12.8 Å². The van der Waals surface area contributed by atoms with Gasteiger partial charge in [0, 0.05) is 0 Å². The van der Waals surface area contributed by atoms with Gasteiger partial charge in [0.05, 0.1) is 12.5 Å². The minimum Gasteiger partial charge on any atom is -0.469 e. The summed E-state index contributed by atoms with van der Waals surface area (Å²) in [4.78, 5) is 11.4. The lowest BCUT2D eigenvalue weighted by Gasteiger charge is -2.09. The molecule has 0 bridgehead atoms. The molecule has 0 aliphatic heterocycles. The van der Waals surface area contributed by atoms with Crippen molar-refractivity contribution in [3.63, 3.8) is 0 Å². The van der Waals surface area contributed by atoms with Crippen LogP contribution in [-0.4, -0.2) is 13.1 Å². The fourth-order valence-corrected chi connectivity index (χ4v) is 2.00. The zero-order valence-corrected chi connectivity index (χ0v) is 9.15. The van der Waals surface area contributed by atoms with Gasteiger partial charge in [0.15, 0.2) is 0 Å². The zero-order valence-electron chi connectivity index (χ0n) is 7.64. The summed E-state index contributed by atoms with van der Waals surface area (Å²) in [6, 6.07) is 0. The van der Waals surface area contributed by atoms with E-state index in [2.05, 4.69) is 0 Å². The lowest BCUT2D eigenvalue weighted by Crippen LogP contribution is -2.18. The van der Waals surface area contributed by atoms with Crippen LogP contribution in [0.3, 0.4) is 0 Å². The molecule has 0 saturated heterocycles. The molecule has 0 amide bonds. The van der Waals surface area contributed by atoms with Gasteiger partial charge in [-0.15, -0.1) is 0 Å². The van der Waals surface area contributed by atoms with E-state index >= 15 is 0 Å². The summed E-state index contributed by atoms with van der Waals surface area (Å²) in [6.45, 7) is 1.97. The first-order valence-corrected chi connectivity index (χ1v) is 4.93. The second-order valence-corrected chi connectivity index (χ2v) is 4.28. The van der Waals surface area contributed by atoms with Crippen molar-refractivity contribution < 1.29 is 9.53 Å². The summed E-state index contributed by atoms with van der Waals surface area (Å²) >= 11 is 11.0. The third-order valence-corrected chi connectivity index (χ3v) is 2.94. The number of rotatable bonds is 3. The number of ether oxygens (including phenoxy) is 1. The van der Waals surface area contributed by atoms with Crippen LogP contribution in [0.4, 0.5) is 0 Å². The highest BCUT2D eigenvalue weighted by Gasteiger charge is 2.58. The van der Waals surface area contributed by atoms with Gasteiger partial charge in [0.1, 0.15) is 4.49 Å². The molecule has 13 heavy (non-hydrogen) atoms. The topological polar surface area (TPSA) is 26.3 Å². The molecule has 1 aliphatic rings. The molecular formula is C9H12Cl2O2. The van der Waals surface area contributed by atoms with Crippen LogP contribution in [0.5, 0.6) is 0 Å². The van der Waals surface area contributed by atoms with E-state index in [1.165, 1.54) is 7.11 Å². The number of hydrogen-bond acceptors (Lipinski definition) is 2. The third kappa shape index (κ3) is 2.00. The molecule has 2 atom stereocenters. The van der Waals surface area contributed by atoms with Crippen LogP contribution in [0.1, 0.15) is 19.8 Å². The molecule has 0 spiro atoms. The summed E-state index contributed by atoms with van der Waals surface area (Å²) in [5.41, 5.74) is -0.357. The van der Waals surface area contributed by atoms with E-state index in [0.29, 0.717) is 0 Å². The van der Waals surface area contributed by atoms with E-state index in [9.17, 15) is 4.79 Å². The molecule has 0 radical (unpaired) electrons. The SMILES string of the molecule is CCC1(C(=O)OC)CC1C=C(Cl)Cl. The monoisotopic (exact) mass is 222 g/mol. The van der Waals surface area contributed by atoms with Crippen LogP contribution in [0.2, 0.25) is 0 Å². The molecule has 0 aromatic carbocycles. The number of carbonyl (C=O) groups is 1. The number of esters is 1. The van der Waals surface area contributed by atoms with Gasteiger partial charge < -0.3 is 4.74 Å². The van der Waals surface area contributed by atoms with Gasteiger partial charge in [-0.3, -0.25) is 4.79 Å². The average Bonchev–Trinajstić information content (AvgIpc) is 2.77. The molecule has 1 aliphatic carbocycles. The summed E-state index contributed by atoms with van der Waals surface area (Å²) in [7, 11) is 1.40. The highest BCUT2D eigenvalue weighted by molar-refractivity contribution is 6.55. The number of allylic oxidation sites excluding steroid dienone is 1. The van der Waals surface area contributed by atoms with Crippen LogP contribution < -0.4 is 0 Å². The van der Waals surface area contributed by atoms with E-state index in [-0.39, 0.29) is 21.8 Å². The maximum atomic E-state index is 11.4. The average molecular weight is 223 g/mol. The minimum absolute atomic E-state index is 0.148. The van der Waals surface area contributed by atoms with Crippen LogP contribution in [0, 0.1) is 11.3 Å². The van der Waals surface area contributed by atoms with Crippen molar-refractivity contribution in [1.82, 2.24) is 0 Å². The number of halogens is 2.